The predicted octanol–water partition coefficient (Wildman–Crippen LogP) is 3.95. The van der Waals surface area contributed by atoms with Crippen molar-refractivity contribution in [3.63, 3.8) is 0 Å². The summed E-state index contributed by atoms with van der Waals surface area (Å²) in [6.45, 7) is 0. The number of benzene rings is 2. The van der Waals surface area contributed by atoms with Crippen molar-refractivity contribution in [3.05, 3.63) is 58.8 Å². The molecule has 0 spiro atoms. The molecular formula is C17H10Cl2N4O5S. The molecule has 4 rings (SSSR count). The maximum absolute atomic E-state index is 12.9. The van der Waals surface area contributed by atoms with Gasteiger partial charge < -0.3 is 14.8 Å². The Balaban J connectivity index is 1.77. The second kappa shape index (κ2) is 7.07. The minimum absolute atomic E-state index is 0.000801. The van der Waals surface area contributed by atoms with Crippen molar-refractivity contribution in [3.8, 4) is 11.7 Å². The van der Waals surface area contributed by atoms with Gasteiger partial charge in [0.15, 0.2) is 5.75 Å². The summed E-state index contributed by atoms with van der Waals surface area (Å²) in [6, 6.07) is 8.52. The number of nitrogens with zero attached hydrogens (tertiary/aromatic N) is 3. The standard InChI is InChI=1S/C17H10Cl2N4O5S/c18-9-1-3-11(4-2-9)29(26,27)15-6-14-13(5-12(15)19)21-16(22-14)23-8-10(7-20-23)28-17(24)25/h1-8H,(H,21,22)(H,24,25). The van der Waals surface area contributed by atoms with E-state index in [4.69, 9.17) is 28.3 Å². The number of aromatic amines is 1. The largest absolute Gasteiger partial charge is 0.511 e. The third-order valence-corrected chi connectivity index (χ3v) is 6.40. The third kappa shape index (κ3) is 3.65. The molecule has 2 N–H and O–H groups in total. The van der Waals surface area contributed by atoms with Gasteiger partial charge in [-0.25, -0.2) is 22.9 Å². The maximum Gasteiger partial charge on any atom is 0.511 e. The fourth-order valence-corrected chi connectivity index (χ4v) is 4.55. The monoisotopic (exact) mass is 452 g/mol. The van der Waals surface area contributed by atoms with Crippen LogP contribution in [-0.2, 0) is 9.84 Å². The molecule has 29 heavy (non-hydrogen) atoms. The Kier molecular flexibility index (Phi) is 4.69. The topological polar surface area (TPSA) is 127 Å². The van der Waals surface area contributed by atoms with E-state index in [2.05, 4.69) is 19.8 Å². The van der Waals surface area contributed by atoms with Gasteiger partial charge in [0, 0.05) is 5.02 Å². The summed E-state index contributed by atoms with van der Waals surface area (Å²) in [5.74, 6) is 0.222. The van der Waals surface area contributed by atoms with Crippen molar-refractivity contribution < 1.29 is 23.1 Å². The molecule has 0 unspecified atom stereocenters. The van der Waals surface area contributed by atoms with E-state index in [1.807, 2.05) is 0 Å². The first kappa shape index (κ1) is 19.2. The lowest BCUT2D eigenvalue weighted by molar-refractivity contribution is 0.144. The molecule has 148 valence electrons. The van der Waals surface area contributed by atoms with E-state index in [1.54, 1.807) is 0 Å². The van der Waals surface area contributed by atoms with E-state index in [-0.39, 0.29) is 26.5 Å². The van der Waals surface area contributed by atoms with Gasteiger partial charge in [-0.2, -0.15) is 5.10 Å². The molecule has 12 heteroatoms. The molecular weight excluding hydrogens is 443 g/mol. The number of ether oxygens (including phenoxy) is 1. The van der Waals surface area contributed by atoms with Gasteiger partial charge in [-0.15, -0.1) is 0 Å². The minimum atomic E-state index is -3.89. The number of aromatic nitrogens is 4. The van der Waals surface area contributed by atoms with Crippen LogP contribution in [-0.4, -0.2) is 39.4 Å². The number of carbonyl (C=O) groups is 1. The Bertz CT molecular complexity index is 1350. The average Bonchev–Trinajstić information content (AvgIpc) is 3.27. The quantitative estimate of drug-likeness (QED) is 0.448. The van der Waals surface area contributed by atoms with Crippen LogP contribution in [0.3, 0.4) is 0 Å². The molecule has 2 heterocycles. The van der Waals surface area contributed by atoms with Crippen LogP contribution in [0.1, 0.15) is 0 Å². The van der Waals surface area contributed by atoms with E-state index in [0.29, 0.717) is 16.1 Å². The van der Waals surface area contributed by atoms with Crippen LogP contribution in [0, 0.1) is 0 Å². The first-order chi connectivity index (χ1) is 13.7. The van der Waals surface area contributed by atoms with Gasteiger partial charge in [-0.3, -0.25) is 0 Å². The maximum atomic E-state index is 12.9. The summed E-state index contributed by atoms with van der Waals surface area (Å²) >= 11 is 12.0. The minimum Gasteiger partial charge on any atom is -0.449 e. The highest BCUT2D eigenvalue weighted by Crippen LogP contribution is 2.31. The molecule has 2 aromatic carbocycles. The number of nitrogens with one attached hydrogen (secondary N) is 1. The van der Waals surface area contributed by atoms with Crippen molar-refractivity contribution in [1.82, 2.24) is 19.7 Å². The molecule has 0 radical (unpaired) electrons. The second-order valence-corrected chi connectivity index (χ2v) is 8.57. The highest BCUT2D eigenvalue weighted by molar-refractivity contribution is 7.91. The molecule has 0 aliphatic rings. The van der Waals surface area contributed by atoms with Crippen LogP contribution in [0.4, 0.5) is 4.79 Å². The second-order valence-electron chi connectivity index (χ2n) is 5.81. The lowest BCUT2D eigenvalue weighted by Gasteiger charge is -2.07. The zero-order chi connectivity index (χ0) is 20.8. The first-order valence-electron chi connectivity index (χ1n) is 7.90. The van der Waals surface area contributed by atoms with Crippen molar-refractivity contribution in [2.75, 3.05) is 0 Å². The molecule has 0 aliphatic carbocycles. The summed E-state index contributed by atoms with van der Waals surface area (Å²) in [6.07, 6.45) is 1.03. The average molecular weight is 453 g/mol. The number of carboxylic acid groups (broad SMARTS) is 1. The summed E-state index contributed by atoms with van der Waals surface area (Å²) in [7, 11) is -3.89. The molecule has 9 nitrogen and oxygen atoms in total. The number of sulfone groups is 1. The smallest absolute Gasteiger partial charge is 0.449 e. The molecule has 0 saturated carbocycles. The number of imidazole rings is 1. The van der Waals surface area contributed by atoms with Crippen LogP contribution in [0.15, 0.2) is 58.6 Å². The Hall–Kier alpha value is -3.08. The SMILES string of the molecule is O=C(O)Oc1cnn(-c2nc3cc(Cl)c(S(=O)(=O)c4ccc(Cl)cc4)cc3[nH]2)c1. The normalized spacial score (nSPS) is 11.7. The van der Waals surface area contributed by atoms with Crippen LogP contribution in [0.25, 0.3) is 17.0 Å². The zero-order valence-electron chi connectivity index (χ0n) is 14.2. The van der Waals surface area contributed by atoms with E-state index in [9.17, 15) is 13.2 Å². The summed E-state index contributed by atoms with van der Waals surface area (Å²) in [5, 5.41) is 13.0. The zero-order valence-corrected chi connectivity index (χ0v) is 16.5. The molecule has 0 aliphatic heterocycles. The van der Waals surface area contributed by atoms with Gasteiger partial charge in [0.05, 0.1) is 38.2 Å². The molecule has 0 bridgehead atoms. The molecule has 0 saturated heterocycles. The molecule has 4 aromatic rings. The van der Waals surface area contributed by atoms with Crippen molar-refractivity contribution >= 4 is 50.2 Å². The van der Waals surface area contributed by atoms with Gasteiger partial charge in [0.2, 0.25) is 15.8 Å². The fourth-order valence-electron chi connectivity index (χ4n) is 2.63. The number of fused-ring (bicyclic) bond motifs is 1. The molecule has 0 fully saturated rings. The number of rotatable bonds is 4. The number of halogens is 2. The van der Waals surface area contributed by atoms with E-state index < -0.39 is 16.0 Å². The predicted molar refractivity (Wildman–Crippen MR) is 104 cm³/mol. The van der Waals surface area contributed by atoms with Crippen LogP contribution >= 0.6 is 23.2 Å². The fraction of sp³-hybridized carbons (Fsp3) is 0. The highest BCUT2D eigenvalue weighted by Gasteiger charge is 2.23. The van der Waals surface area contributed by atoms with Gasteiger partial charge in [-0.05, 0) is 36.4 Å². The van der Waals surface area contributed by atoms with Crippen LogP contribution in [0.5, 0.6) is 5.75 Å². The van der Waals surface area contributed by atoms with Gasteiger partial charge in [-0.1, -0.05) is 23.2 Å². The first-order valence-corrected chi connectivity index (χ1v) is 10.1. The van der Waals surface area contributed by atoms with Crippen molar-refractivity contribution in [1.29, 1.82) is 0 Å². The summed E-state index contributed by atoms with van der Waals surface area (Å²) < 4.78 is 31.6. The van der Waals surface area contributed by atoms with Crippen LogP contribution < -0.4 is 4.74 Å². The molecule has 2 aromatic heterocycles. The Labute approximate surface area is 173 Å². The Morgan fingerprint density at radius 2 is 1.90 bits per heavy atom. The lowest BCUT2D eigenvalue weighted by atomic mass is 10.3. The van der Waals surface area contributed by atoms with Crippen molar-refractivity contribution in [2.24, 2.45) is 0 Å². The summed E-state index contributed by atoms with van der Waals surface area (Å²) in [4.78, 5) is 17.8. The third-order valence-electron chi connectivity index (χ3n) is 3.92. The molecule has 0 amide bonds. The molecule has 0 atom stereocenters. The van der Waals surface area contributed by atoms with E-state index >= 15 is 0 Å². The Morgan fingerprint density at radius 3 is 2.59 bits per heavy atom. The number of hydrogen-bond donors (Lipinski definition) is 2. The van der Waals surface area contributed by atoms with Gasteiger partial charge in [0.25, 0.3) is 0 Å². The lowest BCUT2D eigenvalue weighted by Crippen LogP contribution is -2.02. The van der Waals surface area contributed by atoms with E-state index in [1.165, 1.54) is 53.5 Å². The summed E-state index contributed by atoms with van der Waals surface area (Å²) in [5.41, 5.74) is 0.796. The van der Waals surface area contributed by atoms with E-state index in [0.717, 1.165) is 0 Å². The van der Waals surface area contributed by atoms with Crippen molar-refractivity contribution in [2.45, 2.75) is 9.79 Å². The van der Waals surface area contributed by atoms with Gasteiger partial charge >= 0.3 is 6.16 Å². The van der Waals surface area contributed by atoms with Crippen LogP contribution in [0.2, 0.25) is 10.0 Å². The highest BCUT2D eigenvalue weighted by atomic mass is 35.5. The number of H-pyrrole nitrogens is 1. The Morgan fingerprint density at radius 1 is 1.17 bits per heavy atom. The van der Waals surface area contributed by atoms with Gasteiger partial charge in [0.1, 0.15) is 0 Å². The number of hydrogen-bond acceptors (Lipinski definition) is 6.